The Hall–Kier alpha value is -3.56. The molecule has 0 fully saturated rings. The summed E-state index contributed by atoms with van der Waals surface area (Å²) in [6.45, 7) is 3.69. The van der Waals surface area contributed by atoms with Gasteiger partial charge in [0, 0.05) is 24.5 Å². The first-order chi connectivity index (χ1) is 21.5. The highest BCUT2D eigenvalue weighted by Crippen LogP contribution is 2.35. The highest BCUT2D eigenvalue weighted by atomic mass is 35.5. The molecule has 0 radical (unpaired) electrons. The minimum Gasteiger partial charge on any atom is -0.354 e. The lowest BCUT2D eigenvalue weighted by atomic mass is 10.0. The van der Waals surface area contributed by atoms with Crippen LogP contribution in [0.5, 0.6) is 0 Å². The minimum absolute atomic E-state index is 0.00546. The van der Waals surface area contributed by atoms with Gasteiger partial charge in [-0.25, -0.2) is 8.42 Å². The van der Waals surface area contributed by atoms with E-state index in [4.69, 9.17) is 34.8 Å². The fourth-order valence-corrected chi connectivity index (χ4v) is 6.83. The zero-order valence-corrected chi connectivity index (χ0v) is 28.0. The Kier molecular flexibility index (Phi) is 11.9. The van der Waals surface area contributed by atoms with Crippen molar-refractivity contribution in [3.63, 3.8) is 0 Å². The van der Waals surface area contributed by atoms with Gasteiger partial charge in [0.05, 0.1) is 20.6 Å². The minimum atomic E-state index is -4.31. The van der Waals surface area contributed by atoms with E-state index in [1.165, 1.54) is 29.2 Å². The zero-order valence-electron chi connectivity index (χ0n) is 24.9. The number of anilines is 1. The fraction of sp³-hybridized carbons (Fsp3) is 0.235. The molecule has 0 bridgehead atoms. The topological polar surface area (TPSA) is 86.8 Å². The molecule has 1 N–H and O–H groups in total. The summed E-state index contributed by atoms with van der Waals surface area (Å²) in [6, 6.07) is 27.7. The molecular weight excluding hydrogens is 653 g/mol. The maximum Gasteiger partial charge on any atom is 0.264 e. The molecule has 0 saturated heterocycles. The van der Waals surface area contributed by atoms with E-state index in [2.05, 4.69) is 5.32 Å². The van der Waals surface area contributed by atoms with Gasteiger partial charge in [0.2, 0.25) is 11.8 Å². The smallest absolute Gasteiger partial charge is 0.264 e. The lowest BCUT2D eigenvalue weighted by molar-refractivity contribution is -0.140. The summed E-state index contributed by atoms with van der Waals surface area (Å²) in [5.41, 5.74) is 1.54. The lowest BCUT2D eigenvalue weighted by Crippen LogP contribution is -2.53. The number of benzene rings is 4. The maximum atomic E-state index is 14.5. The van der Waals surface area contributed by atoms with E-state index in [0.29, 0.717) is 17.1 Å². The molecule has 7 nitrogen and oxygen atoms in total. The van der Waals surface area contributed by atoms with Gasteiger partial charge in [-0.05, 0) is 53.4 Å². The van der Waals surface area contributed by atoms with Gasteiger partial charge in [-0.15, -0.1) is 0 Å². The molecule has 0 aliphatic carbocycles. The van der Waals surface area contributed by atoms with Crippen molar-refractivity contribution in [1.82, 2.24) is 10.2 Å². The first-order valence-corrected chi connectivity index (χ1v) is 16.9. The van der Waals surface area contributed by atoms with Crippen LogP contribution in [0.3, 0.4) is 0 Å². The molecule has 45 heavy (non-hydrogen) atoms. The van der Waals surface area contributed by atoms with Crippen molar-refractivity contribution >= 4 is 62.3 Å². The van der Waals surface area contributed by atoms with E-state index >= 15 is 0 Å². The Balaban J connectivity index is 1.82. The van der Waals surface area contributed by atoms with E-state index in [-0.39, 0.29) is 45.4 Å². The third-order valence-electron chi connectivity index (χ3n) is 7.01. The Bertz CT molecular complexity index is 1720. The van der Waals surface area contributed by atoms with Crippen LogP contribution < -0.4 is 9.62 Å². The second kappa shape index (κ2) is 15.6. The van der Waals surface area contributed by atoms with Crippen LogP contribution in [0.15, 0.2) is 108 Å². The zero-order chi connectivity index (χ0) is 32.6. The number of hydrogen-bond acceptors (Lipinski definition) is 4. The van der Waals surface area contributed by atoms with Crippen molar-refractivity contribution in [3.8, 4) is 0 Å². The predicted molar refractivity (Wildman–Crippen MR) is 181 cm³/mol. The van der Waals surface area contributed by atoms with Gasteiger partial charge in [-0.3, -0.25) is 13.9 Å². The Morgan fingerprint density at radius 1 is 0.800 bits per heavy atom. The third kappa shape index (κ3) is 9.01. The van der Waals surface area contributed by atoms with Crippen molar-refractivity contribution in [1.29, 1.82) is 0 Å². The normalized spacial score (nSPS) is 12.0. The summed E-state index contributed by atoms with van der Waals surface area (Å²) in [5, 5.41) is 3.53. The summed E-state index contributed by atoms with van der Waals surface area (Å²) in [6.07, 6.45) is 0.195. The van der Waals surface area contributed by atoms with Gasteiger partial charge in [0.25, 0.3) is 10.0 Å². The van der Waals surface area contributed by atoms with Gasteiger partial charge in [-0.1, -0.05) is 115 Å². The van der Waals surface area contributed by atoms with Crippen LogP contribution in [0.2, 0.25) is 15.1 Å². The highest BCUT2D eigenvalue weighted by molar-refractivity contribution is 7.92. The van der Waals surface area contributed by atoms with Gasteiger partial charge < -0.3 is 10.2 Å². The van der Waals surface area contributed by atoms with Crippen molar-refractivity contribution in [3.05, 3.63) is 129 Å². The molecule has 11 heteroatoms. The van der Waals surface area contributed by atoms with Gasteiger partial charge in [0.1, 0.15) is 12.6 Å². The van der Waals surface area contributed by atoms with Crippen molar-refractivity contribution in [2.75, 3.05) is 17.4 Å². The summed E-state index contributed by atoms with van der Waals surface area (Å²) in [5.74, 6) is -0.813. The van der Waals surface area contributed by atoms with Crippen LogP contribution in [0.4, 0.5) is 5.69 Å². The second-order valence-corrected chi connectivity index (χ2v) is 14.0. The molecule has 4 aromatic rings. The van der Waals surface area contributed by atoms with E-state index < -0.39 is 28.5 Å². The van der Waals surface area contributed by atoms with E-state index in [1.54, 1.807) is 48.5 Å². The van der Waals surface area contributed by atoms with E-state index in [9.17, 15) is 18.0 Å². The molecule has 0 heterocycles. The average Bonchev–Trinajstić information content (AvgIpc) is 3.02. The first kappa shape index (κ1) is 34.3. The van der Waals surface area contributed by atoms with Crippen LogP contribution in [-0.2, 0) is 32.6 Å². The van der Waals surface area contributed by atoms with E-state index in [1.807, 2.05) is 44.2 Å². The SMILES string of the molecule is CC(C)CNC(=O)C(Cc1ccccc1)N(Cc1cccc(Cl)c1)C(=O)CN(c1cccc(Cl)c1Cl)S(=O)(=O)c1ccccc1. The van der Waals surface area contributed by atoms with Crippen molar-refractivity contribution in [2.24, 2.45) is 5.92 Å². The summed E-state index contributed by atoms with van der Waals surface area (Å²) in [7, 11) is -4.31. The van der Waals surface area contributed by atoms with E-state index in [0.717, 1.165) is 9.87 Å². The molecule has 4 rings (SSSR count). The molecule has 0 aliphatic heterocycles. The number of carbonyl (C=O) groups excluding carboxylic acids is 2. The standard InChI is InChI=1S/C34H34Cl3N3O4S/c1-24(2)21-38-34(42)31(20-25-11-5-3-6-12-25)39(22-26-13-9-14-27(35)19-26)32(41)23-40(30-18-10-17-29(36)33(30)37)45(43,44)28-15-7-4-8-16-28/h3-19,24,31H,20-23H2,1-2H3,(H,38,42). The number of hydrogen-bond donors (Lipinski definition) is 1. The molecular formula is C34H34Cl3N3O4S. The number of halogens is 3. The molecule has 0 saturated carbocycles. The van der Waals surface area contributed by atoms with Gasteiger partial charge in [-0.2, -0.15) is 0 Å². The molecule has 4 aromatic carbocycles. The number of nitrogens with zero attached hydrogens (tertiary/aromatic N) is 2. The lowest BCUT2D eigenvalue weighted by Gasteiger charge is -2.34. The largest absolute Gasteiger partial charge is 0.354 e. The van der Waals surface area contributed by atoms with Crippen molar-refractivity contribution in [2.45, 2.75) is 37.8 Å². The molecule has 1 atom stereocenters. The quantitative estimate of drug-likeness (QED) is 0.161. The molecule has 0 aromatic heterocycles. The third-order valence-corrected chi connectivity index (χ3v) is 9.83. The average molecular weight is 687 g/mol. The van der Waals surface area contributed by atoms with Crippen LogP contribution in [0.25, 0.3) is 0 Å². The number of nitrogens with one attached hydrogen (secondary N) is 1. The van der Waals surface area contributed by atoms with Gasteiger partial charge in [0.15, 0.2) is 0 Å². The summed E-state index contributed by atoms with van der Waals surface area (Å²) in [4.78, 5) is 29.7. The Morgan fingerprint density at radius 3 is 2.07 bits per heavy atom. The van der Waals surface area contributed by atoms with Crippen LogP contribution in [0, 0.1) is 5.92 Å². The highest BCUT2D eigenvalue weighted by Gasteiger charge is 2.35. The number of rotatable bonds is 13. The van der Waals surface area contributed by atoms with Crippen LogP contribution in [-0.4, -0.2) is 44.3 Å². The molecule has 2 amide bonds. The van der Waals surface area contributed by atoms with Gasteiger partial charge >= 0.3 is 0 Å². The second-order valence-electron chi connectivity index (χ2n) is 10.9. The molecule has 0 aliphatic rings. The fourth-order valence-electron chi connectivity index (χ4n) is 4.73. The summed E-state index contributed by atoms with van der Waals surface area (Å²) < 4.78 is 29.1. The molecule has 1 unspecified atom stereocenters. The number of amides is 2. The first-order valence-electron chi connectivity index (χ1n) is 14.3. The number of carbonyl (C=O) groups is 2. The summed E-state index contributed by atoms with van der Waals surface area (Å²) >= 11 is 19.1. The molecule has 236 valence electrons. The maximum absolute atomic E-state index is 14.5. The Labute approximate surface area is 279 Å². The monoisotopic (exact) mass is 685 g/mol. The van der Waals surface area contributed by atoms with Crippen LogP contribution in [0.1, 0.15) is 25.0 Å². The van der Waals surface area contributed by atoms with Crippen molar-refractivity contribution < 1.29 is 18.0 Å². The van der Waals surface area contributed by atoms with Crippen LogP contribution >= 0.6 is 34.8 Å². The predicted octanol–water partition coefficient (Wildman–Crippen LogP) is 7.25. The molecule has 0 spiro atoms. The Morgan fingerprint density at radius 2 is 1.42 bits per heavy atom. The number of sulfonamides is 1.